The normalized spacial score (nSPS) is 36.9. The molecule has 0 aromatic heterocycles. The Morgan fingerprint density at radius 3 is 2.80 bits per heavy atom. The van der Waals surface area contributed by atoms with Gasteiger partial charge in [-0.2, -0.15) is 0 Å². The van der Waals surface area contributed by atoms with E-state index in [0.29, 0.717) is 19.7 Å². The number of hydrogen-bond donors (Lipinski definition) is 1. The zero-order valence-electron chi connectivity index (χ0n) is 17.4. The number of nitrogens with zero attached hydrogens (tertiary/aromatic N) is 2. The average molecular weight is 418 g/mol. The standard InChI is InChI=1S/C22H30N2O6/c1-2-3-10-23-11-7-9-22-17(19(26)24(12-13-25)18(22)20(23)27)16-15(30-22)8-5-4-6-14-29-21(16)28/h5,7-9,15-18,25H,2-4,6,10-14H2,1H3/b8-5-/t15-,16+,17-,18?,22-/m0/s1. The minimum atomic E-state index is -1.23. The lowest BCUT2D eigenvalue weighted by Crippen LogP contribution is -2.55. The molecule has 2 fully saturated rings. The maximum atomic E-state index is 13.6. The first-order valence-corrected chi connectivity index (χ1v) is 10.9. The Kier molecular flexibility index (Phi) is 5.97. The highest BCUT2D eigenvalue weighted by molar-refractivity contribution is 5.99. The highest BCUT2D eigenvalue weighted by Crippen LogP contribution is 2.52. The lowest BCUT2D eigenvalue weighted by Gasteiger charge is -2.35. The largest absolute Gasteiger partial charge is 0.465 e. The number of esters is 1. The molecule has 0 saturated carbocycles. The van der Waals surface area contributed by atoms with Crippen molar-refractivity contribution in [1.82, 2.24) is 9.80 Å². The summed E-state index contributed by atoms with van der Waals surface area (Å²) in [5.74, 6) is -2.64. The van der Waals surface area contributed by atoms with E-state index in [1.807, 2.05) is 18.2 Å². The summed E-state index contributed by atoms with van der Waals surface area (Å²) >= 11 is 0. The van der Waals surface area contributed by atoms with Crippen LogP contribution in [-0.4, -0.2) is 83.3 Å². The minimum Gasteiger partial charge on any atom is -0.465 e. The number of likely N-dealkylation sites (tertiary alicyclic amines) is 1. The summed E-state index contributed by atoms with van der Waals surface area (Å²) in [5.41, 5.74) is -1.23. The van der Waals surface area contributed by atoms with Crippen molar-refractivity contribution in [2.24, 2.45) is 11.8 Å². The molecular formula is C22H30N2O6. The molecule has 4 aliphatic heterocycles. The van der Waals surface area contributed by atoms with Gasteiger partial charge in [-0.3, -0.25) is 14.4 Å². The predicted octanol–water partition coefficient (Wildman–Crippen LogP) is 0.651. The van der Waals surface area contributed by atoms with Gasteiger partial charge in [0.1, 0.15) is 17.6 Å². The second-order valence-corrected chi connectivity index (χ2v) is 8.38. The number of aliphatic hydroxyl groups is 1. The Hall–Kier alpha value is -2.19. The Morgan fingerprint density at radius 2 is 2.03 bits per heavy atom. The van der Waals surface area contributed by atoms with Gasteiger partial charge in [0.25, 0.3) is 0 Å². The van der Waals surface area contributed by atoms with E-state index in [4.69, 9.17) is 9.47 Å². The van der Waals surface area contributed by atoms with Gasteiger partial charge in [0.15, 0.2) is 0 Å². The van der Waals surface area contributed by atoms with Crippen LogP contribution < -0.4 is 0 Å². The fourth-order valence-electron chi connectivity index (χ4n) is 5.20. The second kappa shape index (κ2) is 8.51. The average Bonchev–Trinajstić information content (AvgIpc) is 3.13. The van der Waals surface area contributed by atoms with Crippen molar-refractivity contribution >= 4 is 17.8 Å². The van der Waals surface area contributed by atoms with Crippen molar-refractivity contribution in [2.75, 3.05) is 32.8 Å². The molecule has 1 spiro atoms. The lowest BCUT2D eigenvalue weighted by molar-refractivity contribution is -0.155. The Morgan fingerprint density at radius 1 is 1.20 bits per heavy atom. The van der Waals surface area contributed by atoms with E-state index < -0.39 is 35.6 Å². The van der Waals surface area contributed by atoms with Gasteiger partial charge >= 0.3 is 5.97 Å². The van der Waals surface area contributed by atoms with Crippen LogP contribution in [0.2, 0.25) is 0 Å². The highest BCUT2D eigenvalue weighted by Gasteiger charge is 2.71. The van der Waals surface area contributed by atoms with Gasteiger partial charge in [-0.25, -0.2) is 0 Å². The summed E-state index contributed by atoms with van der Waals surface area (Å²) in [6, 6.07) is -0.894. The molecule has 0 bridgehead atoms. The molecule has 2 saturated heterocycles. The number of cyclic esters (lactones) is 1. The van der Waals surface area contributed by atoms with Crippen molar-refractivity contribution in [3.63, 3.8) is 0 Å². The van der Waals surface area contributed by atoms with Crippen molar-refractivity contribution in [3.8, 4) is 0 Å². The molecular weight excluding hydrogens is 388 g/mol. The van der Waals surface area contributed by atoms with Crippen molar-refractivity contribution < 1.29 is 29.0 Å². The molecule has 2 amide bonds. The Balaban J connectivity index is 1.78. The quantitative estimate of drug-likeness (QED) is 0.520. The van der Waals surface area contributed by atoms with E-state index in [2.05, 4.69) is 6.92 Å². The summed E-state index contributed by atoms with van der Waals surface area (Å²) in [4.78, 5) is 43.1. The van der Waals surface area contributed by atoms with Crippen LogP contribution in [-0.2, 0) is 23.9 Å². The Bertz CT molecular complexity index is 765. The van der Waals surface area contributed by atoms with Crippen LogP contribution in [0, 0.1) is 11.8 Å². The van der Waals surface area contributed by atoms with Crippen molar-refractivity contribution in [2.45, 2.75) is 50.4 Å². The van der Waals surface area contributed by atoms with E-state index in [-0.39, 0.29) is 25.0 Å². The summed E-state index contributed by atoms with van der Waals surface area (Å²) < 4.78 is 11.9. The van der Waals surface area contributed by atoms with Crippen LogP contribution in [0.15, 0.2) is 24.3 Å². The predicted molar refractivity (Wildman–Crippen MR) is 107 cm³/mol. The number of β-amino-alcohol motifs (C(OH)–C–C–N with tert-alkyl or cyclic N) is 1. The Labute approximate surface area is 176 Å². The number of fused-ring (bicyclic) bond motifs is 2. The van der Waals surface area contributed by atoms with E-state index in [1.165, 1.54) is 4.90 Å². The summed E-state index contributed by atoms with van der Waals surface area (Å²) in [6.45, 7) is 3.13. The number of aliphatic hydroxyl groups excluding tert-OH is 1. The topological polar surface area (TPSA) is 96.4 Å². The third-order valence-corrected chi connectivity index (χ3v) is 6.56. The van der Waals surface area contributed by atoms with Gasteiger partial charge in [-0.1, -0.05) is 37.6 Å². The monoisotopic (exact) mass is 418 g/mol. The third kappa shape index (κ3) is 3.26. The third-order valence-electron chi connectivity index (χ3n) is 6.56. The maximum absolute atomic E-state index is 13.6. The molecule has 1 unspecified atom stereocenters. The van der Waals surface area contributed by atoms with E-state index >= 15 is 0 Å². The zero-order valence-corrected chi connectivity index (χ0v) is 17.4. The molecule has 0 radical (unpaired) electrons. The van der Waals surface area contributed by atoms with Gasteiger partial charge in [0, 0.05) is 19.6 Å². The van der Waals surface area contributed by atoms with Gasteiger partial charge in [-0.15, -0.1) is 0 Å². The van der Waals surface area contributed by atoms with E-state index in [1.54, 1.807) is 11.0 Å². The van der Waals surface area contributed by atoms with E-state index in [9.17, 15) is 19.5 Å². The van der Waals surface area contributed by atoms with E-state index in [0.717, 1.165) is 25.7 Å². The molecule has 5 atom stereocenters. The number of carbonyl (C=O) groups excluding carboxylic acids is 3. The van der Waals surface area contributed by atoms with Gasteiger partial charge in [-0.05, 0) is 19.3 Å². The first-order chi connectivity index (χ1) is 14.5. The fraction of sp³-hybridized carbons (Fsp3) is 0.682. The van der Waals surface area contributed by atoms with Gasteiger partial charge < -0.3 is 24.4 Å². The molecule has 0 aliphatic carbocycles. The molecule has 0 aromatic carbocycles. The molecule has 4 rings (SSSR count). The van der Waals surface area contributed by atoms with Gasteiger partial charge in [0.05, 0.1) is 25.2 Å². The lowest BCUT2D eigenvalue weighted by atomic mass is 9.78. The van der Waals surface area contributed by atoms with Crippen LogP contribution in [0.4, 0.5) is 0 Å². The number of hydrogen-bond acceptors (Lipinski definition) is 6. The highest BCUT2D eigenvalue weighted by atomic mass is 16.6. The SMILES string of the molecule is CCCCN1CC=C[C@]23O[C@H]4/C=C\CCCOC(=O)[C@H]4[C@H]2C(=O)N(CCO)C3C1=O. The molecule has 8 nitrogen and oxygen atoms in total. The molecule has 30 heavy (non-hydrogen) atoms. The number of allylic oxidation sites excluding steroid dienone is 1. The summed E-state index contributed by atoms with van der Waals surface area (Å²) in [7, 11) is 0. The number of ether oxygens (including phenoxy) is 2. The molecule has 4 aliphatic rings. The van der Waals surface area contributed by atoms with Crippen LogP contribution in [0.1, 0.15) is 32.6 Å². The zero-order chi connectivity index (χ0) is 21.3. The fourth-order valence-corrected chi connectivity index (χ4v) is 5.20. The summed E-state index contributed by atoms with van der Waals surface area (Å²) in [5, 5.41) is 9.58. The molecule has 0 aromatic rings. The van der Waals surface area contributed by atoms with Crippen LogP contribution in [0.3, 0.4) is 0 Å². The summed E-state index contributed by atoms with van der Waals surface area (Å²) in [6.07, 6.45) is 10.1. The molecule has 1 N–H and O–H groups in total. The van der Waals surface area contributed by atoms with Crippen LogP contribution >= 0.6 is 0 Å². The number of carbonyl (C=O) groups is 3. The van der Waals surface area contributed by atoms with Crippen molar-refractivity contribution in [1.29, 1.82) is 0 Å². The first-order valence-electron chi connectivity index (χ1n) is 10.9. The van der Waals surface area contributed by atoms with Gasteiger partial charge in [0.2, 0.25) is 11.8 Å². The second-order valence-electron chi connectivity index (χ2n) is 8.38. The van der Waals surface area contributed by atoms with Crippen LogP contribution in [0.25, 0.3) is 0 Å². The molecule has 8 heteroatoms. The maximum Gasteiger partial charge on any atom is 0.312 e. The molecule has 164 valence electrons. The number of amides is 2. The smallest absolute Gasteiger partial charge is 0.312 e. The molecule has 4 heterocycles. The minimum absolute atomic E-state index is 0.0224. The van der Waals surface area contributed by atoms with Crippen LogP contribution in [0.5, 0.6) is 0 Å². The first kappa shape index (κ1) is 21.1. The number of unbranched alkanes of at least 4 members (excludes halogenated alkanes) is 1. The number of rotatable bonds is 5. The van der Waals surface area contributed by atoms with Crippen molar-refractivity contribution in [3.05, 3.63) is 24.3 Å².